The number of rotatable bonds is 3. The van der Waals surface area contributed by atoms with Crippen molar-refractivity contribution in [1.29, 1.82) is 0 Å². The SMILES string of the molecule is COc1ncnc(C2CC2)c1-c1cc2cn[nH]c2cn1. The number of aromatic nitrogens is 5. The number of fused-ring (bicyclic) bond motifs is 1. The summed E-state index contributed by atoms with van der Waals surface area (Å²) >= 11 is 0. The molecule has 100 valence electrons. The average molecular weight is 267 g/mol. The highest BCUT2D eigenvalue weighted by Crippen LogP contribution is 2.45. The number of methoxy groups -OCH3 is 1. The van der Waals surface area contributed by atoms with E-state index in [9.17, 15) is 0 Å². The van der Waals surface area contributed by atoms with Crippen LogP contribution in [0.1, 0.15) is 24.5 Å². The Morgan fingerprint density at radius 3 is 2.90 bits per heavy atom. The lowest BCUT2D eigenvalue weighted by molar-refractivity contribution is 0.397. The fourth-order valence-electron chi connectivity index (χ4n) is 2.42. The summed E-state index contributed by atoms with van der Waals surface area (Å²) in [5.74, 6) is 1.08. The van der Waals surface area contributed by atoms with Crippen LogP contribution in [0, 0.1) is 0 Å². The van der Waals surface area contributed by atoms with E-state index < -0.39 is 0 Å². The van der Waals surface area contributed by atoms with Crippen molar-refractivity contribution in [3.8, 4) is 17.1 Å². The van der Waals surface area contributed by atoms with E-state index in [1.165, 1.54) is 12.8 Å². The molecular formula is C14H13N5O. The molecule has 0 aromatic carbocycles. The molecule has 1 N–H and O–H groups in total. The highest BCUT2D eigenvalue weighted by molar-refractivity contribution is 5.83. The first kappa shape index (κ1) is 11.3. The Hall–Kier alpha value is -2.50. The number of aromatic amines is 1. The fourth-order valence-corrected chi connectivity index (χ4v) is 2.42. The van der Waals surface area contributed by atoms with E-state index in [1.54, 1.807) is 25.8 Å². The van der Waals surface area contributed by atoms with Gasteiger partial charge in [-0.05, 0) is 18.9 Å². The molecule has 0 bridgehead atoms. The maximum atomic E-state index is 5.40. The number of hydrogen-bond acceptors (Lipinski definition) is 5. The Kier molecular flexibility index (Phi) is 2.42. The predicted molar refractivity (Wildman–Crippen MR) is 73.4 cm³/mol. The van der Waals surface area contributed by atoms with Crippen molar-refractivity contribution >= 4 is 10.9 Å². The molecule has 20 heavy (non-hydrogen) atoms. The van der Waals surface area contributed by atoms with Gasteiger partial charge in [0.05, 0.1) is 42.0 Å². The number of H-pyrrole nitrogens is 1. The molecule has 4 rings (SSSR count). The van der Waals surface area contributed by atoms with Crippen molar-refractivity contribution in [2.75, 3.05) is 7.11 Å². The van der Waals surface area contributed by atoms with Crippen LogP contribution >= 0.6 is 0 Å². The predicted octanol–water partition coefficient (Wildman–Crippen LogP) is 2.30. The molecule has 1 fully saturated rings. The van der Waals surface area contributed by atoms with Gasteiger partial charge in [-0.2, -0.15) is 5.10 Å². The van der Waals surface area contributed by atoms with Crippen LogP contribution in [0.25, 0.3) is 22.2 Å². The van der Waals surface area contributed by atoms with Gasteiger partial charge in [0.1, 0.15) is 6.33 Å². The summed E-state index contributed by atoms with van der Waals surface area (Å²) in [5.41, 5.74) is 3.68. The van der Waals surface area contributed by atoms with Gasteiger partial charge in [0.15, 0.2) is 0 Å². The molecule has 1 aliphatic rings. The first-order valence-electron chi connectivity index (χ1n) is 6.55. The quantitative estimate of drug-likeness (QED) is 0.788. The smallest absolute Gasteiger partial charge is 0.226 e. The lowest BCUT2D eigenvalue weighted by Gasteiger charge is -2.10. The normalized spacial score (nSPS) is 14.7. The third kappa shape index (κ3) is 1.72. The Morgan fingerprint density at radius 1 is 1.20 bits per heavy atom. The third-order valence-corrected chi connectivity index (χ3v) is 3.58. The summed E-state index contributed by atoms with van der Waals surface area (Å²) in [6.45, 7) is 0. The Labute approximate surface area is 115 Å². The van der Waals surface area contributed by atoms with Crippen LogP contribution in [0.2, 0.25) is 0 Å². The van der Waals surface area contributed by atoms with Crippen LogP contribution < -0.4 is 4.74 Å². The molecule has 1 aliphatic carbocycles. The van der Waals surface area contributed by atoms with Crippen LogP contribution in [0.3, 0.4) is 0 Å². The Balaban J connectivity index is 1.95. The van der Waals surface area contributed by atoms with Crippen molar-refractivity contribution in [3.63, 3.8) is 0 Å². The fraction of sp³-hybridized carbons (Fsp3) is 0.286. The van der Waals surface area contributed by atoms with Crippen LogP contribution in [-0.4, -0.2) is 32.3 Å². The van der Waals surface area contributed by atoms with Crippen molar-refractivity contribution in [3.05, 3.63) is 30.5 Å². The molecule has 6 heteroatoms. The number of nitrogens with zero attached hydrogens (tertiary/aromatic N) is 4. The van der Waals surface area contributed by atoms with E-state index in [4.69, 9.17) is 4.74 Å². The maximum Gasteiger partial charge on any atom is 0.226 e. The van der Waals surface area contributed by atoms with E-state index in [2.05, 4.69) is 25.1 Å². The van der Waals surface area contributed by atoms with Crippen molar-refractivity contribution in [2.24, 2.45) is 0 Å². The van der Waals surface area contributed by atoms with Crippen molar-refractivity contribution < 1.29 is 4.74 Å². The van der Waals surface area contributed by atoms with Crippen LogP contribution in [0.5, 0.6) is 5.88 Å². The molecule has 0 radical (unpaired) electrons. The van der Waals surface area contributed by atoms with E-state index in [-0.39, 0.29) is 0 Å². The standard InChI is InChI=1S/C14H13N5O/c1-20-14-12(13(8-2-3-8)16-7-17-14)10-4-9-5-18-19-11(9)6-15-10/h4-8H,2-3H2,1H3,(H,18,19). The summed E-state index contributed by atoms with van der Waals surface area (Å²) in [6.07, 6.45) is 7.46. The topological polar surface area (TPSA) is 76.6 Å². The number of nitrogens with one attached hydrogen (secondary N) is 1. The van der Waals surface area contributed by atoms with Gasteiger partial charge in [-0.3, -0.25) is 10.1 Å². The van der Waals surface area contributed by atoms with Gasteiger partial charge in [0, 0.05) is 11.3 Å². The first-order valence-corrected chi connectivity index (χ1v) is 6.55. The third-order valence-electron chi connectivity index (χ3n) is 3.58. The van der Waals surface area contributed by atoms with E-state index >= 15 is 0 Å². The minimum absolute atomic E-state index is 0.503. The maximum absolute atomic E-state index is 5.40. The number of pyridine rings is 1. The zero-order valence-electron chi connectivity index (χ0n) is 11.0. The molecular weight excluding hydrogens is 254 g/mol. The zero-order valence-corrected chi connectivity index (χ0v) is 11.0. The first-order chi connectivity index (χ1) is 9.86. The summed E-state index contributed by atoms with van der Waals surface area (Å²) < 4.78 is 5.40. The Morgan fingerprint density at radius 2 is 2.10 bits per heavy atom. The van der Waals surface area contributed by atoms with Gasteiger partial charge in [0.25, 0.3) is 0 Å². The summed E-state index contributed by atoms with van der Waals surface area (Å²) in [4.78, 5) is 13.2. The van der Waals surface area contributed by atoms with Crippen molar-refractivity contribution in [2.45, 2.75) is 18.8 Å². The zero-order chi connectivity index (χ0) is 13.5. The second kappa shape index (κ2) is 4.26. The van der Waals surface area contributed by atoms with Crippen LogP contribution in [0.15, 0.2) is 24.8 Å². The van der Waals surface area contributed by atoms with Gasteiger partial charge >= 0.3 is 0 Å². The lowest BCUT2D eigenvalue weighted by Crippen LogP contribution is -2.00. The Bertz CT molecular complexity index is 778. The minimum atomic E-state index is 0.503. The molecule has 0 spiro atoms. The molecule has 0 atom stereocenters. The molecule has 0 aliphatic heterocycles. The van der Waals surface area contributed by atoms with Gasteiger partial charge in [0.2, 0.25) is 5.88 Å². The van der Waals surface area contributed by atoms with Gasteiger partial charge in [-0.1, -0.05) is 0 Å². The monoisotopic (exact) mass is 267 g/mol. The largest absolute Gasteiger partial charge is 0.480 e. The molecule has 6 nitrogen and oxygen atoms in total. The number of ether oxygens (including phenoxy) is 1. The molecule has 3 heterocycles. The summed E-state index contributed by atoms with van der Waals surface area (Å²) in [7, 11) is 1.62. The van der Waals surface area contributed by atoms with Crippen LogP contribution in [-0.2, 0) is 0 Å². The molecule has 1 saturated carbocycles. The second-order valence-corrected chi connectivity index (χ2v) is 4.94. The molecule has 0 saturated heterocycles. The lowest BCUT2D eigenvalue weighted by atomic mass is 10.1. The average Bonchev–Trinajstić information content (AvgIpc) is 3.23. The van der Waals surface area contributed by atoms with Gasteiger partial charge < -0.3 is 4.74 Å². The van der Waals surface area contributed by atoms with Gasteiger partial charge in [-0.25, -0.2) is 9.97 Å². The molecule has 0 unspecified atom stereocenters. The highest BCUT2D eigenvalue weighted by atomic mass is 16.5. The van der Waals surface area contributed by atoms with Gasteiger partial charge in [-0.15, -0.1) is 0 Å². The van der Waals surface area contributed by atoms with E-state index in [0.717, 1.165) is 27.9 Å². The molecule has 0 amide bonds. The van der Waals surface area contributed by atoms with E-state index in [0.29, 0.717) is 11.8 Å². The molecule has 3 aromatic rings. The minimum Gasteiger partial charge on any atom is -0.480 e. The summed E-state index contributed by atoms with van der Waals surface area (Å²) in [5, 5.41) is 7.94. The summed E-state index contributed by atoms with van der Waals surface area (Å²) in [6, 6.07) is 1.99. The number of hydrogen-bond donors (Lipinski definition) is 1. The highest BCUT2D eigenvalue weighted by Gasteiger charge is 2.30. The van der Waals surface area contributed by atoms with Crippen molar-refractivity contribution in [1.82, 2.24) is 25.1 Å². The van der Waals surface area contributed by atoms with E-state index in [1.807, 2.05) is 6.07 Å². The molecule has 3 aromatic heterocycles. The van der Waals surface area contributed by atoms with Crippen LogP contribution in [0.4, 0.5) is 0 Å². The second-order valence-electron chi connectivity index (χ2n) is 4.94.